The van der Waals surface area contributed by atoms with Crippen LogP contribution in [0.5, 0.6) is 0 Å². The lowest BCUT2D eigenvalue weighted by atomic mass is 10.5. The molecule has 0 heterocycles. The Labute approximate surface area is 88.7 Å². The van der Waals surface area contributed by atoms with E-state index in [0.29, 0.717) is 24.3 Å². The predicted molar refractivity (Wildman–Crippen MR) is 48.8 cm³/mol. The van der Waals surface area contributed by atoms with Crippen LogP contribution in [-0.4, -0.2) is 44.3 Å². The molecule has 0 atom stereocenters. The van der Waals surface area contributed by atoms with Crippen LogP contribution < -0.4 is 0 Å². The molecule has 0 aromatic rings. The number of aliphatic carboxylic acids is 4. The van der Waals surface area contributed by atoms with Gasteiger partial charge in [0.25, 0.3) is 0 Å². The maximum absolute atomic E-state index is 9.55. The minimum absolute atomic E-state index is 0.558. The lowest BCUT2D eigenvalue weighted by molar-refractivity contribution is -0.134. The van der Waals surface area contributed by atoms with E-state index in [1.165, 1.54) is 0 Å². The van der Waals surface area contributed by atoms with Gasteiger partial charge in [-0.2, -0.15) is 0 Å². The van der Waals surface area contributed by atoms with Gasteiger partial charge < -0.3 is 20.4 Å². The molecule has 8 heteroatoms. The normalized spacial score (nSPS) is 9.50. The first-order chi connectivity index (χ1) is 7.25. The molecule has 0 radical (unpaired) electrons. The summed E-state index contributed by atoms with van der Waals surface area (Å²) < 4.78 is 0. The molecule has 8 nitrogen and oxygen atoms in total. The summed E-state index contributed by atoms with van der Waals surface area (Å²) >= 11 is 0. The molecule has 0 amide bonds. The zero-order valence-electron chi connectivity index (χ0n) is 7.73. The van der Waals surface area contributed by atoms with E-state index in [-0.39, 0.29) is 0 Å². The van der Waals surface area contributed by atoms with Crippen LogP contribution in [0.15, 0.2) is 24.3 Å². The standard InChI is InChI=1S/2C4H4O4/c2*5-3(6)1-2-4(7)8/h2*1-2H,(H,5,6)(H,7,8). The van der Waals surface area contributed by atoms with Crippen LogP contribution in [0.4, 0.5) is 0 Å². The number of carboxylic acid groups (broad SMARTS) is 4. The zero-order chi connectivity index (χ0) is 13.1. The van der Waals surface area contributed by atoms with Crippen molar-refractivity contribution in [3.05, 3.63) is 24.3 Å². The summed E-state index contributed by atoms with van der Waals surface area (Å²) in [5, 5.41) is 31.2. The average molecular weight is 232 g/mol. The van der Waals surface area contributed by atoms with E-state index in [9.17, 15) is 19.2 Å². The van der Waals surface area contributed by atoms with Crippen molar-refractivity contribution in [3.63, 3.8) is 0 Å². The first-order valence-corrected chi connectivity index (χ1v) is 3.53. The third-order valence-electron chi connectivity index (χ3n) is 0.737. The third kappa shape index (κ3) is 22.5. The minimum atomic E-state index is -1.26. The van der Waals surface area contributed by atoms with Crippen LogP contribution in [0.3, 0.4) is 0 Å². The Kier molecular flexibility index (Phi) is 8.83. The van der Waals surface area contributed by atoms with Crippen molar-refractivity contribution in [1.82, 2.24) is 0 Å². The Hall–Kier alpha value is -2.64. The van der Waals surface area contributed by atoms with Crippen molar-refractivity contribution in [2.45, 2.75) is 0 Å². The first-order valence-electron chi connectivity index (χ1n) is 3.53. The Balaban J connectivity index is 0. The molecule has 0 aliphatic carbocycles. The molecular formula is C8H8O8. The van der Waals surface area contributed by atoms with E-state index < -0.39 is 23.9 Å². The van der Waals surface area contributed by atoms with Gasteiger partial charge in [0.1, 0.15) is 0 Å². The summed E-state index contributed by atoms with van der Waals surface area (Å²) in [5.74, 6) is -5.03. The second kappa shape index (κ2) is 8.94. The fourth-order valence-corrected chi connectivity index (χ4v) is 0.285. The molecule has 0 saturated carbocycles. The Morgan fingerprint density at radius 1 is 0.500 bits per heavy atom. The van der Waals surface area contributed by atoms with Crippen LogP contribution in [0.25, 0.3) is 0 Å². The first kappa shape index (κ1) is 15.8. The summed E-state index contributed by atoms with van der Waals surface area (Å²) in [6, 6.07) is 0. The van der Waals surface area contributed by atoms with Gasteiger partial charge in [-0.15, -0.1) is 0 Å². The summed E-state index contributed by atoms with van der Waals surface area (Å²) in [7, 11) is 0. The molecule has 0 rings (SSSR count). The topological polar surface area (TPSA) is 149 Å². The fourth-order valence-electron chi connectivity index (χ4n) is 0.285. The van der Waals surface area contributed by atoms with Gasteiger partial charge in [0.05, 0.1) is 0 Å². The van der Waals surface area contributed by atoms with E-state index in [1.807, 2.05) is 0 Å². The fraction of sp³-hybridized carbons (Fsp3) is 0. The Morgan fingerprint density at radius 3 is 0.688 bits per heavy atom. The third-order valence-corrected chi connectivity index (χ3v) is 0.737. The van der Waals surface area contributed by atoms with Gasteiger partial charge in [-0.3, -0.25) is 0 Å². The molecule has 4 N–H and O–H groups in total. The number of rotatable bonds is 4. The second-order valence-electron chi connectivity index (χ2n) is 2.02. The van der Waals surface area contributed by atoms with Crippen molar-refractivity contribution < 1.29 is 39.6 Å². The van der Waals surface area contributed by atoms with Gasteiger partial charge >= 0.3 is 23.9 Å². The maximum Gasteiger partial charge on any atom is 0.328 e. The van der Waals surface area contributed by atoms with Crippen LogP contribution >= 0.6 is 0 Å². The molecule has 0 aromatic heterocycles. The highest BCUT2D eigenvalue weighted by Crippen LogP contribution is 1.71. The van der Waals surface area contributed by atoms with E-state index >= 15 is 0 Å². The molecule has 0 fully saturated rings. The maximum atomic E-state index is 9.55. The molecule has 0 bridgehead atoms. The molecule has 0 spiro atoms. The van der Waals surface area contributed by atoms with Gasteiger partial charge in [0.2, 0.25) is 0 Å². The van der Waals surface area contributed by atoms with Crippen molar-refractivity contribution in [2.24, 2.45) is 0 Å². The number of carboxylic acids is 4. The molecule has 0 aromatic carbocycles. The Bertz CT molecular complexity index is 272. The molecule has 0 unspecified atom stereocenters. The van der Waals surface area contributed by atoms with Crippen LogP contribution in [0.2, 0.25) is 0 Å². The highest BCUT2D eigenvalue weighted by atomic mass is 16.4. The van der Waals surface area contributed by atoms with E-state index in [4.69, 9.17) is 20.4 Å². The summed E-state index contributed by atoms with van der Waals surface area (Å²) in [6.45, 7) is 0. The van der Waals surface area contributed by atoms with E-state index in [1.54, 1.807) is 0 Å². The van der Waals surface area contributed by atoms with Crippen molar-refractivity contribution in [2.75, 3.05) is 0 Å². The van der Waals surface area contributed by atoms with Gasteiger partial charge in [0, 0.05) is 24.3 Å². The molecule has 16 heavy (non-hydrogen) atoms. The van der Waals surface area contributed by atoms with E-state index in [0.717, 1.165) is 0 Å². The smallest absolute Gasteiger partial charge is 0.328 e. The minimum Gasteiger partial charge on any atom is -0.478 e. The highest BCUT2D eigenvalue weighted by Gasteiger charge is 1.88. The molecular weight excluding hydrogens is 224 g/mol. The lowest BCUT2D eigenvalue weighted by Gasteiger charge is -1.74. The largest absolute Gasteiger partial charge is 0.478 e. The highest BCUT2D eigenvalue weighted by molar-refractivity contribution is 5.90. The van der Waals surface area contributed by atoms with Gasteiger partial charge in [0.15, 0.2) is 0 Å². The Morgan fingerprint density at radius 2 is 0.625 bits per heavy atom. The van der Waals surface area contributed by atoms with Crippen molar-refractivity contribution in [1.29, 1.82) is 0 Å². The lowest BCUT2D eigenvalue weighted by Crippen LogP contribution is -1.91. The predicted octanol–water partition coefficient (Wildman–Crippen LogP) is -0.576. The van der Waals surface area contributed by atoms with Gasteiger partial charge in [-0.05, 0) is 0 Å². The SMILES string of the molecule is O=C(O)C=CC(=O)O.O=C(O)C=CC(=O)O. The van der Waals surface area contributed by atoms with Crippen molar-refractivity contribution >= 4 is 23.9 Å². The average Bonchev–Trinajstić information content (AvgIpc) is 2.12. The summed E-state index contributed by atoms with van der Waals surface area (Å²) in [4.78, 5) is 38.2. The number of hydrogen-bond donors (Lipinski definition) is 4. The molecule has 0 saturated heterocycles. The van der Waals surface area contributed by atoms with Crippen LogP contribution in [0.1, 0.15) is 0 Å². The van der Waals surface area contributed by atoms with E-state index in [2.05, 4.69) is 0 Å². The molecule has 0 aliphatic rings. The number of carbonyl (C=O) groups is 4. The number of hydrogen-bond acceptors (Lipinski definition) is 4. The van der Waals surface area contributed by atoms with Crippen LogP contribution in [-0.2, 0) is 19.2 Å². The monoisotopic (exact) mass is 232 g/mol. The quantitative estimate of drug-likeness (QED) is 0.470. The zero-order valence-corrected chi connectivity index (χ0v) is 7.73. The van der Waals surface area contributed by atoms with Gasteiger partial charge in [-0.25, -0.2) is 19.2 Å². The summed E-state index contributed by atoms with van der Waals surface area (Å²) in [5.41, 5.74) is 0. The molecule has 88 valence electrons. The van der Waals surface area contributed by atoms with Gasteiger partial charge in [-0.1, -0.05) is 0 Å². The second-order valence-corrected chi connectivity index (χ2v) is 2.02. The summed E-state index contributed by atoms with van der Waals surface area (Å²) in [6.07, 6.45) is 2.23. The molecule has 0 aliphatic heterocycles. The van der Waals surface area contributed by atoms with Crippen molar-refractivity contribution in [3.8, 4) is 0 Å². The van der Waals surface area contributed by atoms with Crippen LogP contribution in [0, 0.1) is 0 Å².